The number of anilines is 1. The Morgan fingerprint density at radius 2 is 1.56 bits per heavy atom. The number of alkyl carbamates (subject to hydrolysis) is 1. The number of para-hydroxylation sites is 1. The molecule has 0 radical (unpaired) electrons. The van der Waals surface area contributed by atoms with Crippen molar-refractivity contribution in [2.75, 3.05) is 11.9 Å². The molecule has 0 aliphatic heterocycles. The molecule has 0 unspecified atom stereocenters. The number of furan rings is 1. The highest BCUT2D eigenvalue weighted by atomic mass is 16.5. The number of rotatable bonds is 11. The molecule has 0 aliphatic rings. The molecule has 0 fully saturated rings. The van der Waals surface area contributed by atoms with Crippen LogP contribution in [0.2, 0.25) is 0 Å². The number of hydrogen-bond acceptors (Lipinski definition) is 6. The topological polar surface area (TPSA) is 147 Å². The first-order valence-electron chi connectivity index (χ1n) is 13.7. The molecule has 3 amide bonds. The van der Waals surface area contributed by atoms with E-state index in [4.69, 9.17) is 9.15 Å². The molecule has 5 rings (SSSR count). The van der Waals surface area contributed by atoms with Gasteiger partial charge in [0.05, 0.1) is 5.56 Å². The van der Waals surface area contributed by atoms with Gasteiger partial charge in [-0.1, -0.05) is 60.7 Å². The van der Waals surface area contributed by atoms with Gasteiger partial charge in [0.2, 0.25) is 5.91 Å². The summed E-state index contributed by atoms with van der Waals surface area (Å²) in [5.74, 6) is -1.97. The van der Waals surface area contributed by atoms with E-state index in [1.54, 1.807) is 48.5 Å². The third-order valence-electron chi connectivity index (χ3n) is 6.78. The number of aromatic carboxylic acids is 1. The fourth-order valence-corrected chi connectivity index (χ4v) is 4.55. The van der Waals surface area contributed by atoms with Crippen molar-refractivity contribution in [1.82, 2.24) is 10.6 Å². The van der Waals surface area contributed by atoms with Crippen molar-refractivity contribution in [3.8, 4) is 0 Å². The fourth-order valence-electron chi connectivity index (χ4n) is 4.55. The van der Waals surface area contributed by atoms with Crippen molar-refractivity contribution in [1.29, 1.82) is 0 Å². The largest absolute Gasteiger partial charge is 0.478 e. The lowest BCUT2D eigenvalue weighted by molar-refractivity contribution is -0.118. The van der Waals surface area contributed by atoms with Gasteiger partial charge in [0.1, 0.15) is 18.2 Å². The van der Waals surface area contributed by atoms with E-state index >= 15 is 0 Å². The molecular formula is C33H29N3O7. The number of nitrogens with one attached hydrogen (secondary N) is 3. The van der Waals surface area contributed by atoms with E-state index in [9.17, 15) is 24.3 Å². The van der Waals surface area contributed by atoms with E-state index in [1.807, 2.05) is 42.5 Å². The van der Waals surface area contributed by atoms with Gasteiger partial charge in [-0.2, -0.15) is 0 Å². The molecule has 10 heteroatoms. The van der Waals surface area contributed by atoms with Gasteiger partial charge in [-0.05, 0) is 65.6 Å². The van der Waals surface area contributed by atoms with Crippen LogP contribution >= 0.6 is 0 Å². The van der Waals surface area contributed by atoms with Gasteiger partial charge >= 0.3 is 12.1 Å². The number of amides is 3. The summed E-state index contributed by atoms with van der Waals surface area (Å²) in [7, 11) is 0. The van der Waals surface area contributed by atoms with Gasteiger partial charge in [-0.3, -0.25) is 9.59 Å². The summed E-state index contributed by atoms with van der Waals surface area (Å²) in [6.45, 7) is 0.356. The number of carboxylic acids is 1. The number of carbonyl (C=O) groups excluding carboxylic acids is 3. The Hall–Kier alpha value is -5.64. The van der Waals surface area contributed by atoms with E-state index in [-0.39, 0.29) is 30.9 Å². The van der Waals surface area contributed by atoms with Gasteiger partial charge in [-0.25, -0.2) is 9.59 Å². The maximum Gasteiger partial charge on any atom is 0.407 e. The van der Waals surface area contributed by atoms with Crippen molar-refractivity contribution in [2.24, 2.45) is 0 Å². The molecule has 43 heavy (non-hydrogen) atoms. The standard InChI is InChI=1S/C33H29N3O7/c37-30(35-26-15-14-22-17-25(32(39)40)13-12-23(22)18-26)27(36-31(38)29-19-24-9-4-5-11-28(24)43-29)10-6-16-34-33(41)42-20-21-7-2-1-3-8-21/h1-5,7-9,11-15,17-19,27H,6,10,16,20H2,(H,34,41)(H,35,37)(H,36,38)(H,39,40)/t27-/m0/s1. The highest BCUT2D eigenvalue weighted by molar-refractivity contribution is 6.03. The van der Waals surface area contributed by atoms with Gasteiger partial charge in [-0.15, -0.1) is 0 Å². The minimum atomic E-state index is -1.03. The molecule has 0 saturated carbocycles. The number of hydrogen-bond donors (Lipinski definition) is 4. The van der Waals surface area contributed by atoms with Crippen LogP contribution < -0.4 is 16.0 Å². The first-order valence-corrected chi connectivity index (χ1v) is 13.7. The van der Waals surface area contributed by atoms with Gasteiger partial charge in [0.15, 0.2) is 5.76 Å². The second-order valence-electron chi connectivity index (χ2n) is 9.88. The van der Waals surface area contributed by atoms with Crippen molar-refractivity contribution >= 4 is 51.3 Å². The Morgan fingerprint density at radius 3 is 2.35 bits per heavy atom. The zero-order chi connectivity index (χ0) is 30.2. The van der Waals surface area contributed by atoms with Crippen molar-refractivity contribution in [3.05, 3.63) is 114 Å². The Bertz CT molecular complexity index is 1750. The van der Waals surface area contributed by atoms with Crippen LogP contribution in [0.25, 0.3) is 21.7 Å². The van der Waals surface area contributed by atoms with E-state index in [1.165, 1.54) is 6.07 Å². The average molecular weight is 580 g/mol. The highest BCUT2D eigenvalue weighted by Gasteiger charge is 2.23. The second-order valence-corrected chi connectivity index (χ2v) is 9.88. The van der Waals surface area contributed by atoms with Crippen LogP contribution in [0.1, 0.15) is 39.3 Å². The van der Waals surface area contributed by atoms with Crippen LogP contribution in [0.5, 0.6) is 0 Å². The number of ether oxygens (including phenoxy) is 1. The number of carbonyl (C=O) groups is 4. The molecule has 0 aliphatic carbocycles. The van der Waals surface area contributed by atoms with E-state index in [2.05, 4.69) is 16.0 Å². The minimum absolute atomic E-state index is 0.0709. The Kier molecular flexibility index (Phi) is 8.96. The summed E-state index contributed by atoms with van der Waals surface area (Å²) in [6.07, 6.45) is -0.000564. The fraction of sp³-hybridized carbons (Fsp3) is 0.152. The van der Waals surface area contributed by atoms with Gasteiger partial charge in [0, 0.05) is 17.6 Å². The molecule has 10 nitrogen and oxygen atoms in total. The second kappa shape index (κ2) is 13.3. The number of carboxylic acid groups (broad SMARTS) is 1. The first kappa shape index (κ1) is 28.9. The maximum absolute atomic E-state index is 13.4. The predicted molar refractivity (Wildman–Crippen MR) is 161 cm³/mol. The van der Waals surface area contributed by atoms with Gasteiger partial charge in [0.25, 0.3) is 5.91 Å². The van der Waals surface area contributed by atoms with Crippen molar-refractivity contribution in [3.63, 3.8) is 0 Å². The minimum Gasteiger partial charge on any atom is -0.478 e. The summed E-state index contributed by atoms with van der Waals surface area (Å²) >= 11 is 0. The molecule has 0 saturated heterocycles. The SMILES string of the molecule is O=C(NCCC[C@H](NC(=O)c1cc2ccccc2o1)C(=O)Nc1ccc2cc(C(=O)O)ccc2c1)OCc1ccccc1. The predicted octanol–water partition coefficient (Wildman–Crippen LogP) is 5.73. The first-order chi connectivity index (χ1) is 20.9. The van der Waals surface area contributed by atoms with Gasteiger partial charge < -0.3 is 30.2 Å². The Morgan fingerprint density at radius 1 is 0.814 bits per heavy atom. The third kappa shape index (κ3) is 7.56. The highest BCUT2D eigenvalue weighted by Crippen LogP contribution is 2.22. The molecule has 5 aromatic rings. The lowest BCUT2D eigenvalue weighted by atomic mass is 10.1. The summed E-state index contributed by atoms with van der Waals surface area (Å²) < 4.78 is 10.9. The summed E-state index contributed by atoms with van der Waals surface area (Å²) in [6, 6.07) is 27.0. The van der Waals surface area contributed by atoms with Crippen LogP contribution in [-0.4, -0.2) is 41.6 Å². The summed E-state index contributed by atoms with van der Waals surface area (Å²) in [4.78, 5) is 49.9. The Balaban J connectivity index is 1.23. The number of fused-ring (bicyclic) bond motifs is 2. The number of benzene rings is 4. The molecule has 1 heterocycles. The molecular weight excluding hydrogens is 550 g/mol. The van der Waals surface area contributed by atoms with Crippen LogP contribution in [0.3, 0.4) is 0 Å². The molecule has 1 aromatic heterocycles. The van der Waals surface area contributed by atoms with Crippen molar-refractivity contribution < 1.29 is 33.4 Å². The van der Waals surface area contributed by atoms with E-state index < -0.39 is 29.9 Å². The smallest absolute Gasteiger partial charge is 0.407 e. The summed E-state index contributed by atoms with van der Waals surface area (Å²) in [5, 5.41) is 19.7. The maximum atomic E-state index is 13.4. The molecule has 0 spiro atoms. The normalized spacial score (nSPS) is 11.5. The quantitative estimate of drug-likeness (QED) is 0.146. The molecule has 1 atom stereocenters. The van der Waals surface area contributed by atoms with Crippen molar-refractivity contribution in [2.45, 2.75) is 25.5 Å². The zero-order valence-corrected chi connectivity index (χ0v) is 23.0. The third-order valence-corrected chi connectivity index (χ3v) is 6.78. The monoisotopic (exact) mass is 579 g/mol. The molecule has 4 aromatic carbocycles. The van der Waals surface area contributed by atoms with E-state index in [0.717, 1.165) is 16.3 Å². The molecule has 0 bridgehead atoms. The summed E-state index contributed by atoms with van der Waals surface area (Å²) in [5.41, 5.74) is 2.05. The van der Waals surface area contributed by atoms with Crippen LogP contribution in [0.4, 0.5) is 10.5 Å². The molecule has 218 valence electrons. The average Bonchev–Trinajstić information content (AvgIpc) is 3.46. The lowest BCUT2D eigenvalue weighted by Gasteiger charge is -2.18. The van der Waals surface area contributed by atoms with Crippen LogP contribution in [0, 0.1) is 0 Å². The Labute approximate surface area is 246 Å². The zero-order valence-electron chi connectivity index (χ0n) is 23.0. The van der Waals surface area contributed by atoms with Crippen LogP contribution in [-0.2, 0) is 16.1 Å². The lowest BCUT2D eigenvalue weighted by Crippen LogP contribution is -2.44. The van der Waals surface area contributed by atoms with E-state index in [0.29, 0.717) is 23.1 Å². The molecule has 4 N–H and O–H groups in total. The van der Waals surface area contributed by atoms with Crippen LogP contribution in [0.15, 0.2) is 101 Å².